The van der Waals surface area contributed by atoms with Crippen LogP contribution in [-0.4, -0.2) is 41.6 Å². The molecule has 3 atom stereocenters. The average Bonchev–Trinajstić information content (AvgIpc) is 2.98. The van der Waals surface area contributed by atoms with Crippen molar-refractivity contribution < 1.29 is 28.2 Å². The third-order valence-corrected chi connectivity index (χ3v) is 5.25. The molecule has 3 N–H and O–H groups in total. The van der Waals surface area contributed by atoms with Crippen LogP contribution in [0.3, 0.4) is 0 Å². The van der Waals surface area contributed by atoms with Crippen LogP contribution in [0.4, 0.5) is 13.2 Å². The summed E-state index contributed by atoms with van der Waals surface area (Å²) >= 11 is 12.1. The van der Waals surface area contributed by atoms with Crippen molar-refractivity contribution in [3.63, 3.8) is 0 Å². The quantitative estimate of drug-likeness (QED) is 0.693. The van der Waals surface area contributed by atoms with E-state index in [1.165, 1.54) is 5.56 Å². The smallest absolute Gasteiger partial charge is 0.475 e. The Hall–Kier alpha value is -1.02. The molecule has 4 nitrogen and oxygen atoms in total. The first-order valence-electron chi connectivity index (χ1n) is 7.20. The number of aliphatic carboxylic acids is 1. The van der Waals surface area contributed by atoms with E-state index in [0.717, 1.165) is 25.9 Å². The molecule has 0 amide bonds. The summed E-state index contributed by atoms with van der Waals surface area (Å²) in [5, 5.41) is 21.6. The maximum atomic E-state index is 10.6. The van der Waals surface area contributed by atoms with Gasteiger partial charge in [-0.15, -0.1) is 0 Å². The Morgan fingerprint density at radius 3 is 2.46 bits per heavy atom. The minimum Gasteiger partial charge on any atom is -0.475 e. The molecule has 2 aliphatic rings. The number of aliphatic hydroxyl groups is 1. The number of hydrogen-bond acceptors (Lipinski definition) is 3. The Bertz CT molecular complexity index is 626. The van der Waals surface area contributed by atoms with Crippen LogP contribution in [0.5, 0.6) is 0 Å². The number of fused-ring (bicyclic) bond motifs is 1. The van der Waals surface area contributed by atoms with E-state index in [2.05, 4.69) is 5.32 Å². The van der Waals surface area contributed by atoms with Crippen molar-refractivity contribution in [2.45, 2.75) is 30.5 Å². The van der Waals surface area contributed by atoms with E-state index in [9.17, 15) is 18.3 Å². The van der Waals surface area contributed by atoms with Crippen molar-refractivity contribution in [2.75, 3.05) is 13.1 Å². The molecule has 1 aromatic rings. The molecule has 0 radical (unpaired) electrons. The fourth-order valence-electron chi connectivity index (χ4n) is 3.45. The van der Waals surface area contributed by atoms with E-state index in [1.807, 2.05) is 18.2 Å². The van der Waals surface area contributed by atoms with Crippen molar-refractivity contribution in [1.29, 1.82) is 0 Å². The highest BCUT2D eigenvalue weighted by atomic mass is 35.5. The highest BCUT2D eigenvalue weighted by molar-refractivity contribution is 6.42. The average molecular weight is 386 g/mol. The molecular formula is C15H16Cl2F3NO3. The maximum absolute atomic E-state index is 10.6. The third kappa shape index (κ3) is 3.96. The second-order valence-corrected chi connectivity index (χ2v) is 6.82. The van der Waals surface area contributed by atoms with E-state index in [4.69, 9.17) is 33.1 Å². The Morgan fingerprint density at radius 1 is 1.29 bits per heavy atom. The third-order valence-electron chi connectivity index (χ3n) is 4.51. The predicted octanol–water partition coefficient (Wildman–Crippen LogP) is 3.24. The summed E-state index contributed by atoms with van der Waals surface area (Å²) in [5.74, 6) is -2.25. The second kappa shape index (κ2) is 7.07. The number of hydrogen-bond donors (Lipinski definition) is 3. The van der Waals surface area contributed by atoms with E-state index in [0.29, 0.717) is 16.0 Å². The minimum absolute atomic E-state index is 0.0493. The first-order chi connectivity index (χ1) is 11.1. The number of aliphatic hydroxyl groups excluding tert-OH is 1. The lowest BCUT2D eigenvalue weighted by Crippen LogP contribution is -2.31. The summed E-state index contributed by atoms with van der Waals surface area (Å²) in [5.41, 5.74) is 1.26. The highest BCUT2D eigenvalue weighted by Gasteiger charge is 2.50. The molecule has 134 valence electrons. The molecule has 0 aromatic heterocycles. The molecule has 0 unspecified atom stereocenters. The molecule has 1 heterocycles. The van der Waals surface area contributed by atoms with Gasteiger partial charge in [-0.25, -0.2) is 4.79 Å². The van der Waals surface area contributed by atoms with Crippen LogP contribution in [0.1, 0.15) is 18.4 Å². The summed E-state index contributed by atoms with van der Waals surface area (Å²) in [6.07, 6.45) is -3.56. The molecule has 24 heavy (non-hydrogen) atoms. The minimum atomic E-state index is -5.08. The van der Waals surface area contributed by atoms with Gasteiger partial charge < -0.3 is 15.5 Å². The fourth-order valence-corrected chi connectivity index (χ4v) is 3.75. The summed E-state index contributed by atoms with van der Waals surface area (Å²) < 4.78 is 31.7. The van der Waals surface area contributed by atoms with Gasteiger partial charge in [0, 0.05) is 12.0 Å². The van der Waals surface area contributed by atoms with Crippen LogP contribution in [0.25, 0.3) is 0 Å². The molecule has 1 saturated heterocycles. The number of carboxylic acid groups (broad SMARTS) is 1. The molecule has 2 fully saturated rings. The molecule has 3 rings (SSSR count). The largest absolute Gasteiger partial charge is 0.490 e. The SMILES string of the molecule is O=C(O)C(F)(F)F.O[C@@H]1C[C@@H]2CNC[C@]2(c2ccc(Cl)c(Cl)c2)C1. The summed E-state index contributed by atoms with van der Waals surface area (Å²) in [6, 6.07) is 5.86. The van der Waals surface area contributed by atoms with Gasteiger partial charge in [0.15, 0.2) is 0 Å². The summed E-state index contributed by atoms with van der Waals surface area (Å²) in [6.45, 7) is 1.91. The number of alkyl halides is 3. The molecule has 1 saturated carbocycles. The number of benzene rings is 1. The van der Waals surface area contributed by atoms with Gasteiger partial charge >= 0.3 is 12.1 Å². The van der Waals surface area contributed by atoms with Gasteiger partial charge in [-0.3, -0.25) is 0 Å². The second-order valence-electron chi connectivity index (χ2n) is 6.01. The molecular weight excluding hydrogens is 370 g/mol. The monoisotopic (exact) mass is 385 g/mol. The van der Waals surface area contributed by atoms with Gasteiger partial charge in [0.05, 0.1) is 16.1 Å². The Morgan fingerprint density at radius 2 is 1.92 bits per heavy atom. The highest BCUT2D eigenvalue weighted by Crippen LogP contribution is 2.48. The zero-order chi connectivity index (χ0) is 18.1. The van der Waals surface area contributed by atoms with Crippen molar-refractivity contribution in [3.05, 3.63) is 33.8 Å². The first kappa shape index (κ1) is 19.3. The van der Waals surface area contributed by atoms with Crippen LogP contribution in [-0.2, 0) is 10.2 Å². The Labute approximate surface area is 146 Å². The van der Waals surface area contributed by atoms with Gasteiger partial charge in [-0.2, -0.15) is 13.2 Å². The molecule has 0 bridgehead atoms. The normalized spacial score (nSPS) is 28.9. The predicted molar refractivity (Wildman–Crippen MR) is 83.4 cm³/mol. The Kier molecular flexibility index (Phi) is 5.69. The van der Waals surface area contributed by atoms with E-state index >= 15 is 0 Å². The van der Waals surface area contributed by atoms with Crippen molar-refractivity contribution in [2.24, 2.45) is 5.92 Å². The number of carbonyl (C=O) groups is 1. The van der Waals surface area contributed by atoms with Crippen molar-refractivity contribution >= 4 is 29.2 Å². The number of halogens is 5. The van der Waals surface area contributed by atoms with Gasteiger partial charge in [0.25, 0.3) is 0 Å². The lowest BCUT2D eigenvalue weighted by atomic mass is 9.74. The van der Waals surface area contributed by atoms with Crippen LogP contribution in [0.2, 0.25) is 10.0 Å². The zero-order valence-corrected chi connectivity index (χ0v) is 13.9. The van der Waals surface area contributed by atoms with Crippen molar-refractivity contribution in [3.8, 4) is 0 Å². The molecule has 1 aromatic carbocycles. The summed E-state index contributed by atoms with van der Waals surface area (Å²) in [4.78, 5) is 8.90. The fraction of sp³-hybridized carbons (Fsp3) is 0.533. The van der Waals surface area contributed by atoms with Gasteiger partial charge in [0.2, 0.25) is 0 Å². The van der Waals surface area contributed by atoms with Crippen LogP contribution in [0, 0.1) is 5.92 Å². The standard InChI is InChI=1S/C13H15Cl2NO.C2HF3O2/c14-11-2-1-8(4-12(11)15)13-5-10(17)3-9(13)6-16-7-13;3-2(4,5)1(6)7/h1-2,4,9-10,16-17H,3,5-7H2;(H,6,7)/t9-,10-,13+;/m1./s1. The lowest BCUT2D eigenvalue weighted by molar-refractivity contribution is -0.192. The topological polar surface area (TPSA) is 69.6 Å². The van der Waals surface area contributed by atoms with Gasteiger partial charge in [0.1, 0.15) is 0 Å². The van der Waals surface area contributed by atoms with Crippen LogP contribution >= 0.6 is 23.2 Å². The molecule has 1 aliphatic carbocycles. The maximum Gasteiger partial charge on any atom is 0.490 e. The Balaban J connectivity index is 0.000000256. The lowest BCUT2D eigenvalue weighted by Gasteiger charge is -2.29. The molecule has 9 heteroatoms. The first-order valence-corrected chi connectivity index (χ1v) is 7.96. The van der Waals surface area contributed by atoms with E-state index < -0.39 is 12.1 Å². The number of nitrogens with one attached hydrogen (secondary N) is 1. The zero-order valence-electron chi connectivity index (χ0n) is 12.4. The number of rotatable bonds is 1. The van der Waals surface area contributed by atoms with Crippen LogP contribution in [0.15, 0.2) is 18.2 Å². The van der Waals surface area contributed by atoms with Gasteiger partial charge in [-0.1, -0.05) is 29.3 Å². The summed E-state index contributed by atoms with van der Waals surface area (Å²) in [7, 11) is 0. The number of carboxylic acids is 1. The van der Waals surface area contributed by atoms with E-state index in [-0.39, 0.29) is 11.5 Å². The van der Waals surface area contributed by atoms with Crippen LogP contribution < -0.4 is 5.32 Å². The molecule has 1 aliphatic heterocycles. The van der Waals surface area contributed by atoms with Gasteiger partial charge in [-0.05, 0) is 43.0 Å². The molecule has 0 spiro atoms. The van der Waals surface area contributed by atoms with E-state index in [1.54, 1.807) is 0 Å². The van der Waals surface area contributed by atoms with Crippen molar-refractivity contribution in [1.82, 2.24) is 5.32 Å².